The third-order valence-electron chi connectivity index (χ3n) is 4.84. The van der Waals surface area contributed by atoms with Gasteiger partial charge in [-0.05, 0) is 30.2 Å². The maximum absolute atomic E-state index is 14.1. The highest BCUT2D eigenvalue weighted by Crippen LogP contribution is 2.56. The molecule has 0 amide bonds. The summed E-state index contributed by atoms with van der Waals surface area (Å²) in [4.78, 5) is 27.2. The number of aliphatic hydroxyl groups is 1. The molecular weight excluding hydrogens is 407 g/mol. The first-order chi connectivity index (χ1) is 14.4. The molecular formula is C22H27O7P. The van der Waals surface area contributed by atoms with Gasteiger partial charge in [-0.15, -0.1) is 0 Å². The Kier molecular flexibility index (Phi) is 8.21. The number of benzene rings is 2. The van der Waals surface area contributed by atoms with Gasteiger partial charge >= 0.3 is 0 Å². The van der Waals surface area contributed by atoms with Gasteiger partial charge in [0.05, 0.1) is 33.5 Å². The van der Waals surface area contributed by atoms with Crippen LogP contribution in [0.4, 0.5) is 0 Å². The van der Waals surface area contributed by atoms with Crippen LogP contribution in [0.15, 0.2) is 36.4 Å². The predicted molar refractivity (Wildman–Crippen MR) is 115 cm³/mol. The second kappa shape index (κ2) is 10.4. The van der Waals surface area contributed by atoms with E-state index in [1.54, 1.807) is 24.3 Å². The highest BCUT2D eigenvalue weighted by molar-refractivity contribution is 7.95. The monoisotopic (exact) mass is 434 g/mol. The first-order valence-electron chi connectivity index (χ1n) is 9.56. The van der Waals surface area contributed by atoms with Gasteiger partial charge in [0.2, 0.25) is 18.2 Å². The molecule has 162 valence electrons. The van der Waals surface area contributed by atoms with Gasteiger partial charge in [-0.25, -0.2) is 0 Å². The van der Waals surface area contributed by atoms with Crippen molar-refractivity contribution in [1.82, 2.24) is 0 Å². The molecule has 2 aromatic carbocycles. The second-order valence-electron chi connectivity index (χ2n) is 6.62. The largest absolute Gasteiger partial charge is 0.496 e. The van der Waals surface area contributed by atoms with Crippen molar-refractivity contribution in [3.05, 3.63) is 53.1 Å². The summed E-state index contributed by atoms with van der Waals surface area (Å²) in [5.74, 6) is 0.501. The normalized spacial score (nSPS) is 12.7. The molecule has 1 unspecified atom stereocenters. The van der Waals surface area contributed by atoms with Crippen molar-refractivity contribution in [2.45, 2.75) is 26.4 Å². The Hall–Kier alpha value is -2.63. The van der Waals surface area contributed by atoms with Crippen molar-refractivity contribution in [3.8, 4) is 17.2 Å². The van der Waals surface area contributed by atoms with Crippen molar-refractivity contribution in [2.75, 3.05) is 27.5 Å². The molecule has 0 spiro atoms. The summed E-state index contributed by atoms with van der Waals surface area (Å²) in [5, 5.41) is 9.73. The van der Waals surface area contributed by atoms with E-state index in [4.69, 9.17) is 14.2 Å². The van der Waals surface area contributed by atoms with Crippen LogP contribution in [0.2, 0.25) is 0 Å². The topological polar surface area (TPSA) is 99.1 Å². The van der Waals surface area contributed by atoms with Crippen LogP contribution in [0, 0.1) is 0 Å². The number of ether oxygens (including phenoxy) is 3. The minimum absolute atomic E-state index is 0.0317. The Morgan fingerprint density at radius 1 is 0.867 bits per heavy atom. The van der Waals surface area contributed by atoms with Gasteiger partial charge in [-0.3, -0.25) is 9.59 Å². The van der Waals surface area contributed by atoms with Gasteiger partial charge in [-0.2, -0.15) is 0 Å². The quantitative estimate of drug-likeness (QED) is 0.525. The zero-order valence-electron chi connectivity index (χ0n) is 17.6. The lowest BCUT2D eigenvalue weighted by Gasteiger charge is -2.21. The summed E-state index contributed by atoms with van der Waals surface area (Å²) in [7, 11) is -0.0141. The van der Waals surface area contributed by atoms with E-state index in [1.807, 2.05) is 6.92 Å². The van der Waals surface area contributed by atoms with Crippen molar-refractivity contribution in [1.29, 1.82) is 0 Å². The number of rotatable bonds is 11. The Morgan fingerprint density at radius 3 is 1.80 bits per heavy atom. The van der Waals surface area contributed by atoms with E-state index in [1.165, 1.54) is 33.5 Å². The zero-order chi connectivity index (χ0) is 22.3. The van der Waals surface area contributed by atoms with E-state index < -0.39 is 24.8 Å². The smallest absolute Gasteiger partial charge is 0.236 e. The van der Waals surface area contributed by atoms with Gasteiger partial charge < -0.3 is 23.9 Å². The highest BCUT2D eigenvalue weighted by atomic mass is 31.2. The molecule has 2 rings (SSSR count). The molecule has 0 aromatic heterocycles. The van der Waals surface area contributed by atoms with Crippen molar-refractivity contribution in [3.63, 3.8) is 0 Å². The van der Waals surface area contributed by atoms with Crippen LogP contribution in [-0.2, 0) is 11.2 Å². The lowest BCUT2D eigenvalue weighted by Crippen LogP contribution is -2.17. The molecule has 0 aliphatic rings. The fourth-order valence-corrected chi connectivity index (χ4v) is 5.77. The van der Waals surface area contributed by atoms with Crippen LogP contribution in [-0.4, -0.2) is 43.6 Å². The van der Waals surface area contributed by atoms with E-state index in [-0.39, 0.29) is 40.1 Å². The van der Waals surface area contributed by atoms with Gasteiger partial charge in [0, 0.05) is 6.16 Å². The molecule has 0 aliphatic carbocycles. The lowest BCUT2D eigenvalue weighted by molar-refractivity contribution is 0.103. The van der Waals surface area contributed by atoms with E-state index in [2.05, 4.69) is 0 Å². The molecule has 1 N–H and O–H groups in total. The van der Waals surface area contributed by atoms with Crippen molar-refractivity contribution >= 4 is 18.2 Å². The number of unbranched alkanes of at least 4 members (excludes halogenated alkanes) is 1. The number of methoxy groups -OCH3 is 3. The molecule has 0 aliphatic heterocycles. The Labute approximate surface area is 176 Å². The average molecular weight is 434 g/mol. The van der Waals surface area contributed by atoms with E-state index in [0.717, 1.165) is 0 Å². The molecule has 0 bridgehead atoms. The first kappa shape index (κ1) is 23.6. The third kappa shape index (κ3) is 4.42. The van der Waals surface area contributed by atoms with Crippen LogP contribution in [0.3, 0.4) is 0 Å². The summed E-state index contributed by atoms with van der Waals surface area (Å²) in [6, 6.07) is 9.42. The maximum atomic E-state index is 14.1. The highest BCUT2D eigenvalue weighted by Gasteiger charge is 2.44. The summed E-state index contributed by atoms with van der Waals surface area (Å²) in [5.41, 5.74) is -1.49. The molecule has 0 radical (unpaired) electrons. The standard InChI is InChI=1S/C22H27O7P/c1-5-6-13-30(26,21(24)19-15(14-23)9-7-10-16(19)27-2)22(25)20-17(28-3)11-8-12-18(20)29-4/h7-12,23H,5-6,13-14H2,1-4H3. The van der Waals surface area contributed by atoms with Crippen molar-refractivity contribution in [2.24, 2.45) is 0 Å². The summed E-state index contributed by atoms with van der Waals surface area (Å²) >= 11 is 0. The molecule has 0 saturated heterocycles. The fraction of sp³-hybridized carbons (Fsp3) is 0.364. The van der Waals surface area contributed by atoms with E-state index >= 15 is 0 Å². The number of carbonyl (C=O) groups excluding carboxylic acids is 2. The number of carbonyl (C=O) groups is 2. The molecule has 30 heavy (non-hydrogen) atoms. The van der Waals surface area contributed by atoms with Gasteiger partial charge in [-0.1, -0.05) is 31.5 Å². The van der Waals surface area contributed by atoms with Gasteiger partial charge in [0.1, 0.15) is 22.8 Å². The molecule has 0 fully saturated rings. The van der Waals surface area contributed by atoms with Crippen LogP contribution in [0.1, 0.15) is 46.0 Å². The van der Waals surface area contributed by atoms with Crippen LogP contribution in [0.25, 0.3) is 0 Å². The number of hydrogen-bond acceptors (Lipinski definition) is 7. The molecule has 1 atom stereocenters. The fourth-order valence-electron chi connectivity index (χ4n) is 3.22. The van der Waals surface area contributed by atoms with E-state index in [9.17, 15) is 19.3 Å². The summed E-state index contributed by atoms with van der Waals surface area (Å²) in [6.45, 7) is 1.42. The zero-order valence-corrected chi connectivity index (χ0v) is 18.5. The molecule has 0 saturated carbocycles. The maximum Gasteiger partial charge on any atom is 0.236 e. The Balaban J connectivity index is 2.73. The van der Waals surface area contributed by atoms with Crippen molar-refractivity contribution < 1.29 is 33.5 Å². The molecule has 8 heteroatoms. The average Bonchev–Trinajstić information content (AvgIpc) is 2.79. The number of aliphatic hydroxyl groups excluding tert-OH is 1. The van der Waals surface area contributed by atoms with Crippen LogP contribution in [0.5, 0.6) is 17.2 Å². The number of hydrogen-bond donors (Lipinski definition) is 1. The van der Waals surface area contributed by atoms with Gasteiger partial charge in [0.25, 0.3) is 0 Å². The SMILES string of the molecule is CCCCP(=O)(C(=O)c1c(CO)cccc1OC)C(=O)c1c(OC)cccc1OC. The Bertz CT molecular complexity index is 852. The first-order valence-corrected chi connectivity index (χ1v) is 11.4. The van der Waals surface area contributed by atoms with E-state index in [0.29, 0.717) is 12.8 Å². The van der Waals surface area contributed by atoms with Crippen LogP contribution >= 0.6 is 7.14 Å². The Morgan fingerprint density at radius 2 is 1.33 bits per heavy atom. The summed E-state index contributed by atoms with van der Waals surface area (Å²) in [6.07, 6.45) is 0.952. The minimum atomic E-state index is -4.15. The second-order valence-corrected chi connectivity index (χ2v) is 9.36. The molecule has 2 aromatic rings. The van der Waals surface area contributed by atoms with Gasteiger partial charge in [0.15, 0.2) is 0 Å². The van der Waals surface area contributed by atoms with Crippen LogP contribution < -0.4 is 14.2 Å². The molecule has 0 heterocycles. The predicted octanol–water partition coefficient (Wildman–Crippen LogP) is 4.35. The molecule has 7 nitrogen and oxygen atoms in total. The summed E-state index contributed by atoms with van der Waals surface area (Å²) < 4.78 is 29.9. The third-order valence-corrected chi connectivity index (χ3v) is 7.55. The minimum Gasteiger partial charge on any atom is -0.496 e. The lowest BCUT2D eigenvalue weighted by atomic mass is 10.1.